The number of nitrogens with zero attached hydrogens (tertiary/aromatic N) is 1. The molecule has 0 saturated carbocycles. The third-order valence-electron chi connectivity index (χ3n) is 2.99. The van der Waals surface area contributed by atoms with Gasteiger partial charge in [0.15, 0.2) is 0 Å². The number of carbonyl (C=O) groups excluding carboxylic acids is 2. The Morgan fingerprint density at radius 2 is 1.94 bits per heavy atom. The van der Waals surface area contributed by atoms with E-state index >= 15 is 0 Å². The van der Waals surface area contributed by atoms with Gasteiger partial charge < -0.3 is 9.53 Å². The third kappa shape index (κ3) is 2.74. The van der Waals surface area contributed by atoms with Gasteiger partial charge in [0.25, 0.3) is 0 Å². The lowest BCUT2D eigenvalue weighted by molar-refractivity contribution is -0.112. The average molecular weight is 227 g/mol. The van der Waals surface area contributed by atoms with Crippen molar-refractivity contribution in [3.63, 3.8) is 0 Å². The molecule has 1 saturated heterocycles. The van der Waals surface area contributed by atoms with Gasteiger partial charge >= 0.3 is 6.09 Å². The maximum Gasteiger partial charge on any atom is 0.411 e. The summed E-state index contributed by atoms with van der Waals surface area (Å²) in [7, 11) is 0. The van der Waals surface area contributed by atoms with Crippen LogP contribution >= 0.6 is 0 Å². The summed E-state index contributed by atoms with van der Waals surface area (Å²) < 4.78 is 5.30. The van der Waals surface area contributed by atoms with Crippen molar-refractivity contribution >= 4 is 12.4 Å². The van der Waals surface area contributed by atoms with Crippen molar-refractivity contribution in [3.05, 3.63) is 0 Å². The van der Waals surface area contributed by atoms with Gasteiger partial charge in [0.2, 0.25) is 0 Å². The smallest absolute Gasteiger partial charge is 0.411 e. The second kappa shape index (κ2) is 4.44. The molecule has 3 atom stereocenters. The van der Waals surface area contributed by atoms with Crippen LogP contribution in [-0.2, 0) is 9.53 Å². The maximum atomic E-state index is 11.9. The van der Waals surface area contributed by atoms with Crippen LogP contribution in [0.25, 0.3) is 0 Å². The van der Waals surface area contributed by atoms with E-state index < -0.39 is 5.60 Å². The molecule has 0 radical (unpaired) electrons. The summed E-state index contributed by atoms with van der Waals surface area (Å²) in [5, 5.41) is 0. The fraction of sp³-hybridized carbons (Fsp3) is 0.833. The molecule has 0 N–H and O–H groups in total. The summed E-state index contributed by atoms with van der Waals surface area (Å²) in [5.41, 5.74) is -0.518. The third-order valence-corrected chi connectivity index (χ3v) is 2.99. The maximum absolute atomic E-state index is 11.9. The summed E-state index contributed by atoms with van der Waals surface area (Å²) in [6.45, 7) is 9.48. The van der Waals surface area contributed by atoms with E-state index in [-0.39, 0.29) is 18.2 Å². The minimum atomic E-state index is -0.518. The van der Waals surface area contributed by atoms with E-state index in [0.29, 0.717) is 5.92 Å². The number of rotatable bonds is 1. The number of likely N-dealkylation sites (tertiary alicyclic amines) is 1. The van der Waals surface area contributed by atoms with E-state index in [0.717, 1.165) is 12.7 Å². The van der Waals surface area contributed by atoms with E-state index in [9.17, 15) is 9.59 Å². The summed E-state index contributed by atoms with van der Waals surface area (Å²) in [6.07, 6.45) is 1.18. The van der Waals surface area contributed by atoms with Crippen molar-refractivity contribution in [2.45, 2.75) is 58.7 Å². The van der Waals surface area contributed by atoms with Gasteiger partial charge in [-0.15, -0.1) is 0 Å². The van der Waals surface area contributed by atoms with Gasteiger partial charge in [-0.1, -0.05) is 6.92 Å². The first-order valence-electron chi connectivity index (χ1n) is 5.73. The van der Waals surface area contributed by atoms with Crippen LogP contribution in [0.15, 0.2) is 0 Å². The van der Waals surface area contributed by atoms with Crippen molar-refractivity contribution in [2.24, 2.45) is 5.92 Å². The second-order valence-corrected chi connectivity index (χ2v) is 5.54. The first-order valence-corrected chi connectivity index (χ1v) is 5.73. The van der Waals surface area contributed by atoms with Crippen LogP contribution < -0.4 is 0 Å². The molecule has 0 spiro atoms. The van der Waals surface area contributed by atoms with Gasteiger partial charge in [-0.2, -0.15) is 0 Å². The van der Waals surface area contributed by atoms with Gasteiger partial charge in [0, 0.05) is 6.04 Å². The van der Waals surface area contributed by atoms with Crippen LogP contribution in [0.4, 0.5) is 4.79 Å². The molecular formula is C12H21NO3. The van der Waals surface area contributed by atoms with Crippen LogP contribution in [0.1, 0.15) is 41.0 Å². The zero-order valence-electron chi connectivity index (χ0n) is 10.7. The summed E-state index contributed by atoms with van der Waals surface area (Å²) in [6, 6.07) is -0.273. The largest absolute Gasteiger partial charge is 0.444 e. The lowest BCUT2D eigenvalue weighted by Gasteiger charge is -2.29. The highest BCUT2D eigenvalue weighted by atomic mass is 16.6. The second-order valence-electron chi connectivity index (χ2n) is 5.54. The van der Waals surface area contributed by atoms with Crippen LogP contribution in [0.3, 0.4) is 0 Å². The van der Waals surface area contributed by atoms with Gasteiger partial charge in [-0.25, -0.2) is 4.79 Å². The number of amides is 1. The molecule has 0 aromatic carbocycles. The monoisotopic (exact) mass is 227 g/mol. The van der Waals surface area contributed by atoms with Gasteiger partial charge in [-0.3, -0.25) is 4.90 Å². The molecule has 1 heterocycles. The van der Waals surface area contributed by atoms with E-state index in [1.807, 2.05) is 34.6 Å². The Labute approximate surface area is 96.9 Å². The summed E-state index contributed by atoms with van der Waals surface area (Å²) >= 11 is 0. The zero-order chi connectivity index (χ0) is 12.5. The molecule has 1 aliphatic rings. The van der Waals surface area contributed by atoms with Crippen LogP contribution in [0, 0.1) is 5.92 Å². The molecule has 0 aromatic heterocycles. The van der Waals surface area contributed by atoms with Crippen molar-refractivity contribution < 1.29 is 14.3 Å². The van der Waals surface area contributed by atoms with Crippen LogP contribution in [0.5, 0.6) is 0 Å². The topological polar surface area (TPSA) is 46.6 Å². The highest BCUT2D eigenvalue weighted by Crippen LogP contribution is 2.29. The highest BCUT2D eigenvalue weighted by Gasteiger charge is 2.40. The molecule has 4 heteroatoms. The van der Waals surface area contributed by atoms with Crippen molar-refractivity contribution in [3.8, 4) is 0 Å². The van der Waals surface area contributed by atoms with Crippen LogP contribution in [0.2, 0.25) is 0 Å². The van der Waals surface area contributed by atoms with E-state index in [2.05, 4.69) is 0 Å². The highest BCUT2D eigenvalue weighted by molar-refractivity contribution is 5.75. The Balaban J connectivity index is 2.77. The molecule has 16 heavy (non-hydrogen) atoms. The summed E-state index contributed by atoms with van der Waals surface area (Å²) in [5.74, 6) is 0.336. The molecule has 1 aliphatic heterocycles. The van der Waals surface area contributed by atoms with Crippen LogP contribution in [-0.4, -0.2) is 35.0 Å². The molecule has 1 fully saturated rings. The first kappa shape index (κ1) is 13.0. The first-order chi connectivity index (χ1) is 7.26. The number of carbonyl (C=O) groups is 2. The van der Waals surface area contributed by atoms with Crippen molar-refractivity contribution in [1.29, 1.82) is 0 Å². The SMILES string of the molecule is C[C@@H]1C[C@@H](C=O)N(C(=O)OC(C)(C)C)[C@@H]1C. The molecule has 0 unspecified atom stereocenters. The molecule has 0 bridgehead atoms. The minimum absolute atomic E-state index is 0.0602. The van der Waals surface area contributed by atoms with Gasteiger partial charge in [0.1, 0.15) is 11.9 Å². The fourth-order valence-corrected chi connectivity index (χ4v) is 2.01. The standard InChI is InChI=1S/C12H21NO3/c1-8-6-10(7-14)13(9(8)2)11(15)16-12(3,4)5/h7-10H,6H2,1-5H3/t8-,9-,10+/m1/s1. The average Bonchev–Trinajstić information content (AvgIpc) is 2.40. The number of hydrogen-bond donors (Lipinski definition) is 0. The quantitative estimate of drug-likeness (QED) is 0.645. The number of aldehydes is 1. The molecule has 1 amide bonds. The van der Waals surface area contributed by atoms with Crippen molar-refractivity contribution in [1.82, 2.24) is 4.90 Å². The molecule has 0 aromatic rings. The zero-order valence-corrected chi connectivity index (χ0v) is 10.7. The number of ether oxygens (including phenoxy) is 1. The predicted octanol–water partition coefficient (Wildman–Crippen LogP) is 2.22. The summed E-state index contributed by atoms with van der Waals surface area (Å²) in [4.78, 5) is 24.4. The van der Waals surface area contributed by atoms with Crippen molar-refractivity contribution in [2.75, 3.05) is 0 Å². The Morgan fingerprint density at radius 3 is 2.38 bits per heavy atom. The van der Waals surface area contributed by atoms with E-state index in [4.69, 9.17) is 4.74 Å². The molecule has 4 nitrogen and oxygen atoms in total. The molecule has 92 valence electrons. The Bertz CT molecular complexity index is 282. The van der Waals surface area contributed by atoms with Gasteiger partial charge in [0.05, 0.1) is 6.04 Å². The van der Waals surface area contributed by atoms with Gasteiger partial charge in [-0.05, 0) is 40.0 Å². The van der Waals surface area contributed by atoms with E-state index in [1.165, 1.54) is 0 Å². The predicted molar refractivity (Wildman–Crippen MR) is 61.2 cm³/mol. The molecule has 0 aliphatic carbocycles. The van der Waals surface area contributed by atoms with E-state index in [1.54, 1.807) is 4.90 Å². The lowest BCUT2D eigenvalue weighted by atomic mass is 10.0. The Kier molecular flexibility index (Phi) is 3.61. The Morgan fingerprint density at radius 1 is 1.38 bits per heavy atom. The Hall–Kier alpha value is -1.06. The lowest BCUT2D eigenvalue weighted by Crippen LogP contribution is -2.44. The fourth-order valence-electron chi connectivity index (χ4n) is 2.01. The normalized spacial score (nSPS) is 30.3. The molecular weight excluding hydrogens is 206 g/mol. The molecule has 1 rings (SSSR count). The minimum Gasteiger partial charge on any atom is -0.444 e. The number of hydrogen-bond acceptors (Lipinski definition) is 3.